The minimum Gasteiger partial charge on any atom is -0.425 e. The normalized spacial score (nSPS) is 20.8. The molecule has 0 spiro atoms. The Labute approximate surface area is 239 Å². The zero-order valence-electron chi connectivity index (χ0n) is 21.3. The van der Waals surface area contributed by atoms with Crippen LogP contribution in [0.15, 0.2) is 22.7 Å². The molecule has 1 aliphatic carbocycles. The van der Waals surface area contributed by atoms with Gasteiger partial charge in [0.1, 0.15) is 5.82 Å². The van der Waals surface area contributed by atoms with E-state index in [1.54, 1.807) is 13.0 Å². The van der Waals surface area contributed by atoms with Crippen LogP contribution in [0, 0.1) is 6.92 Å². The Morgan fingerprint density at radius 1 is 1.13 bits per heavy atom. The quantitative estimate of drug-likeness (QED) is 0.378. The lowest BCUT2D eigenvalue weighted by Crippen LogP contribution is -2.56. The number of hydrogen-bond donors (Lipinski definition) is 3. The van der Waals surface area contributed by atoms with Crippen LogP contribution in [0.3, 0.4) is 0 Å². The molecule has 12 nitrogen and oxygen atoms in total. The van der Waals surface area contributed by atoms with Gasteiger partial charge in [-0.3, -0.25) is 14.4 Å². The van der Waals surface area contributed by atoms with E-state index in [-0.39, 0.29) is 30.0 Å². The van der Waals surface area contributed by atoms with Gasteiger partial charge in [-0.1, -0.05) is 11.6 Å². The molecule has 3 aromatic heterocycles. The van der Waals surface area contributed by atoms with Crippen LogP contribution in [0.2, 0.25) is 5.02 Å². The molecule has 15 heteroatoms. The van der Waals surface area contributed by atoms with Gasteiger partial charge in [0.15, 0.2) is 5.01 Å². The number of hydrogen-bond acceptors (Lipinski definition) is 10. The fourth-order valence-corrected chi connectivity index (χ4v) is 5.91. The first kappa shape index (κ1) is 28.9. The monoisotopic (exact) mass is 594 g/mol. The first-order valence-electron chi connectivity index (χ1n) is 12.3. The lowest BCUT2D eigenvalue weighted by Gasteiger charge is -2.35. The summed E-state index contributed by atoms with van der Waals surface area (Å²) in [5.41, 5.74) is 0.957. The first-order chi connectivity index (χ1) is 18.2. The Morgan fingerprint density at radius 2 is 1.95 bits per heavy atom. The highest BCUT2D eigenvalue weighted by atomic mass is 35.5. The minimum atomic E-state index is -0.865. The van der Waals surface area contributed by atoms with Crippen molar-refractivity contribution >= 4 is 58.9 Å². The van der Waals surface area contributed by atoms with Crippen LogP contribution >= 0.6 is 35.3 Å². The topological polar surface area (TPSA) is 155 Å². The maximum absolute atomic E-state index is 13.3. The molecule has 3 N–H and O–H groups in total. The van der Waals surface area contributed by atoms with Crippen LogP contribution in [0.25, 0.3) is 0 Å². The molecular formula is C24H28Cl2N8O4S. The lowest BCUT2D eigenvalue weighted by atomic mass is 9.82. The van der Waals surface area contributed by atoms with Gasteiger partial charge in [0.2, 0.25) is 11.8 Å². The Bertz CT molecular complexity index is 1350. The number of fused-ring (bicyclic) bond motifs is 1. The van der Waals surface area contributed by atoms with Gasteiger partial charge in [0.05, 0.1) is 16.8 Å². The summed E-state index contributed by atoms with van der Waals surface area (Å²) in [6.45, 7) is 3.38. The van der Waals surface area contributed by atoms with Crippen molar-refractivity contribution in [2.24, 2.45) is 0 Å². The first-order valence-corrected chi connectivity index (χ1v) is 13.5. The number of carbonyl (C=O) groups is 3. The maximum atomic E-state index is 13.3. The zero-order chi connectivity index (χ0) is 26.8. The highest BCUT2D eigenvalue weighted by molar-refractivity contribution is 7.13. The number of rotatable bonds is 5. The molecule has 1 fully saturated rings. The largest absolute Gasteiger partial charge is 0.425 e. The molecule has 0 aromatic carbocycles. The average Bonchev–Trinajstić information content (AvgIpc) is 3.52. The summed E-state index contributed by atoms with van der Waals surface area (Å²) in [7, 11) is 2.04. The summed E-state index contributed by atoms with van der Waals surface area (Å²) in [6, 6.07) is 2.08. The van der Waals surface area contributed by atoms with Crippen molar-refractivity contribution in [3.63, 3.8) is 0 Å². The second-order valence-electron chi connectivity index (χ2n) is 9.52. The summed E-state index contributed by atoms with van der Waals surface area (Å²) in [4.78, 5) is 50.4. The molecule has 1 aliphatic heterocycles. The maximum Gasteiger partial charge on any atom is 0.314 e. The SMILES string of the molecule is Cc1nnc([C@H]2CC[C@H](NC(=O)C(=O)Nc3ccc(Cl)cn3)[C@H](NC(=O)c3nc4c(s3)CN(C)CC4)C2)o1.Cl. The summed E-state index contributed by atoms with van der Waals surface area (Å²) in [5, 5.41) is 17.1. The number of carbonyl (C=O) groups excluding carboxylic acids is 3. The number of nitrogens with one attached hydrogen (secondary N) is 3. The van der Waals surface area contributed by atoms with E-state index in [1.165, 1.54) is 23.6 Å². The second-order valence-corrected chi connectivity index (χ2v) is 11.0. The summed E-state index contributed by atoms with van der Waals surface area (Å²) < 4.78 is 5.64. The van der Waals surface area contributed by atoms with Crippen LogP contribution in [0.5, 0.6) is 0 Å². The van der Waals surface area contributed by atoms with Crippen LogP contribution in [-0.2, 0) is 22.6 Å². The highest BCUT2D eigenvalue weighted by Crippen LogP contribution is 2.33. The molecular weight excluding hydrogens is 567 g/mol. The van der Waals surface area contributed by atoms with Crippen LogP contribution in [0.1, 0.15) is 57.3 Å². The smallest absolute Gasteiger partial charge is 0.314 e. The average molecular weight is 596 g/mol. The molecule has 3 aromatic rings. The van der Waals surface area contributed by atoms with Crippen molar-refractivity contribution < 1.29 is 18.8 Å². The summed E-state index contributed by atoms with van der Waals surface area (Å²) in [6.07, 6.45) is 3.75. The molecule has 0 radical (unpaired) electrons. The van der Waals surface area contributed by atoms with Crippen molar-refractivity contribution in [1.82, 2.24) is 35.7 Å². The molecule has 3 atom stereocenters. The Balaban J connectivity index is 0.00000353. The molecule has 208 valence electrons. The van der Waals surface area contributed by atoms with Gasteiger partial charge in [-0.05, 0) is 38.4 Å². The van der Waals surface area contributed by atoms with Gasteiger partial charge in [-0.15, -0.1) is 33.9 Å². The number of thiazole rings is 1. The van der Waals surface area contributed by atoms with Gasteiger partial charge in [0.25, 0.3) is 5.91 Å². The highest BCUT2D eigenvalue weighted by Gasteiger charge is 2.37. The number of likely N-dealkylation sites (N-methyl/N-ethyl adjacent to an activating group) is 1. The molecule has 39 heavy (non-hydrogen) atoms. The Hall–Kier alpha value is -3.13. The van der Waals surface area contributed by atoms with Crippen molar-refractivity contribution in [2.45, 2.75) is 57.2 Å². The van der Waals surface area contributed by atoms with E-state index in [0.717, 1.165) is 30.1 Å². The van der Waals surface area contributed by atoms with Crippen LogP contribution in [-0.4, -0.2) is 68.5 Å². The molecule has 3 amide bonds. The minimum absolute atomic E-state index is 0. The third-order valence-corrected chi connectivity index (χ3v) is 7.97. The standard InChI is InChI=1S/C24H27ClN8O4S.ClH/c1-12-31-32-23(37-12)13-3-5-15(27-20(34)21(35)30-19-6-4-14(25)10-26-19)17(9-13)28-22(36)24-29-16-7-8-33(2)11-18(16)38-24;/h4,6,10,13,15,17H,3,5,7-9,11H2,1-2H3,(H,27,34)(H,28,36)(H,26,30,35);1H/t13-,15-,17+;/m0./s1. The van der Waals surface area contributed by atoms with Gasteiger partial charge in [-0.25, -0.2) is 9.97 Å². The third kappa shape index (κ3) is 6.90. The van der Waals surface area contributed by atoms with Gasteiger partial charge >= 0.3 is 11.8 Å². The molecule has 4 heterocycles. The predicted octanol–water partition coefficient (Wildman–Crippen LogP) is 2.48. The molecule has 5 rings (SSSR count). The van der Waals surface area contributed by atoms with E-state index in [0.29, 0.717) is 41.1 Å². The van der Waals surface area contributed by atoms with E-state index in [2.05, 4.69) is 41.0 Å². The second kappa shape index (κ2) is 12.4. The van der Waals surface area contributed by atoms with Crippen molar-refractivity contribution in [3.05, 3.63) is 50.7 Å². The zero-order valence-corrected chi connectivity index (χ0v) is 23.7. The number of pyridine rings is 1. The number of anilines is 1. The molecule has 0 bridgehead atoms. The summed E-state index contributed by atoms with van der Waals surface area (Å²) >= 11 is 7.21. The van der Waals surface area contributed by atoms with Gasteiger partial charge < -0.3 is 25.3 Å². The number of aromatic nitrogens is 4. The molecule has 0 unspecified atom stereocenters. The van der Waals surface area contributed by atoms with E-state index in [4.69, 9.17) is 16.0 Å². The van der Waals surface area contributed by atoms with E-state index in [9.17, 15) is 14.4 Å². The fraction of sp³-hybridized carbons (Fsp3) is 0.458. The van der Waals surface area contributed by atoms with E-state index >= 15 is 0 Å². The molecule has 2 aliphatic rings. The fourth-order valence-electron chi connectivity index (χ4n) is 4.71. The van der Waals surface area contributed by atoms with Gasteiger partial charge in [0, 0.05) is 49.5 Å². The van der Waals surface area contributed by atoms with Crippen LogP contribution < -0.4 is 16.0 Å². The van der Waals surface area contributed by atoms with E-state index in [1.807, 2.05) is 7.05 Å². The molecule has 0 saturated heterocycles. The Kier molecular flexibility index (Phi) is 9.15. The Morgan fingerprint density at radius 3 is 2.67 bits per heavy atom. The van der Waals surface area contributed by atoms with Crippen molar-refractivity contribution in [3.8, 4) is 0 Å². The van der Waals surface area contributed by atoms with Gasteiger partial charge in [-0.2, -0.15) is 0 Å². The third-order valence-electron chi connectivity index (χ3n) is 6.67. The number of halogens is 2. The van der Waals surface area contributed by atoms with Crippen molar-refractivity contribution in [1.29, 1.82) is 0 Å². The number of aryl methyl sites for hydroxylation is 1. The predicted molar refractivity (Wildman–Crippen MR) is 146 cm³/mol. The molecule has 1 saturated carbocycles. The van der Waals surface area contributed by atoms with E-state index < -0.39 is 23.9 Å². The summed E-state index contributed by atoms with van der Waals surface area (Å²) in [5.74, 6) is -0.948. The van der Waals surface area contributed by atoms with Crippen LogP contribution in [0.4, 0.5) is 5.82 Å². The number of nitrogens with zero attached hydrogens (tertiary/aromatic N) is 5. The number of amides is 3. The van der Waals surface area contributed by atoms with Crippen molar-refractivity contribution in [2.75, 3.05) is 18.9 Å². The lowest BCUT2D eigenvalue weighted by molar-refractivity contribution is -0.136.